The molecular weight excluding hydrogens is 360 g/mol. The lowest BCUT2D eigenvalue weighted by Crippen LogP contribution is -2.53. The molecular formula is C25H36N2O2. The van der Waals surface area contributed by atoms with Crippen LogP contribution >= 0.6 is 0 Å². The van der Waals surface area contributed by atoms with Crippen LogP contribution in [-0.2, 0) is 9.59 Å². The lowest BCUT2D eigenvalue weighted by molar-refractivity contribution is -0.146. The van der Waals surface area contributed by atoms with Crippen molar-refractivity contribution >= 4 is 17.5 Å². The van der Waals surface area contributed by atoms with E-state index in [-0.39, 0.29) is 17.2 Å². The first-order valence-corrected chi connectivity index (χ1v) is 11.5. The fourth-order valence-electron chi connectivity index (χ4n) is 6.57. The molecule has 4 aliphatic rings. The number of amides is 2. The summed E-state index contributed by atoms with van der Waals surface area (Å²) in [5.74, 6) is 3.00. The molecule has 4 heteroatoms. The molecule has 0 spiro atoms. The fourth-order valence-corrected chi connectivity index (χ4v) is 6.57. The molecule has 1 aromatic carbocycles. The van der Waals surface area contributed by atoms with Crippen LogP contribution in [0.15, 0.2) is 18.2 Å². The number of aryl methyl sites for hydroxylation is 1. The van der Waals surface area contributed by atoms with Crippen LogP contribution in [-0.4, -0.2) is 18.4 Å². The highest BCUT2D eigenvalue weighted by molar-refractivity contribution is 5.92. The van der Waals surface area contributed by atoms with Crippen LogP contribution in [0.4, 0.5) is 5.69 Å². The third-order valence-electron chi connectivity index (χ3n) is 7.58. The van der Waals surface area contributed by atoms with Gasteiger partial charge < -0.3 is 10.6 Å². The van der Waals surface area contributed by atoms with Crippen molar-refractivity contribution in [3.05, 3.63) is 29.3 Å². The van der Waals surface area contributed by atoms with E-state index in [9.17, 15) is 9.59 Å². The number of benzene rings is 1. The molecule has 158 valence electrons. The van der Waals surface area contributed by atoms with Gasteiger partial charge >= 0.3 is 0 Å². The minimum absolute atomic E-state index is 0.0326. The summed E-state index contributed by atoms with van der Waals surface area (Å²) in [4.78, 5) is 25.5. The Hall–Kier alpha value is -1.84. The second-order valence-corrected chi connectivity index (χ2v) is 10.3. The molecule has 4 fully saturated rings. The van der Waals surface area contributed by atoms with Gasteiger partial charge in [0.2, 0.25) is 11.8 Å². The maximum atomic E-state index is 13.0. The van der Waals surface area contributed by atoms with Crippen molar-refractivity contribution in [3.8, 4) is 0 Å². The van der Waals surface area contributed by atoms with Crippen molar-refractivity contribution in [3.63, 3.8) is 0 Å². The van der Waals surface area contributed by atoms with Crippen molar-refractivity contribution in [1.29, 1.82) is 0 Å². The Morgan fingerprint density at radius 3 is 2.28 bits per heavy atom. The molecule has 0 radical (unpaired) electrons. The molecule has 0 aromatic heterocycles. The molecule has 4 aliphatic carbocycles. The number of carbonyl (C=O) groups is 2. The Balaban J connectivity index is 1.25. The topological polar surface area (TPSA) is 58.2 Å². The molecule has 0 heterocycles. The summed E-state index contributed by atoms with van der Waals surface area (Å²) in [6.07, 6.45) is 8.46. The third kappa shape index (κ3) is 4.22. The Morgan fingerprint density at radius 1 is 1.07 bits per heavy atom. The number of anilines is 1. The Bertz CT molecular complexity index is 748. The van der Waals surface area contributed by atoms with Gasteiger partial charge in [-0.3, -0.25) is 9.59 Å². The van der Waals surface area contributed by atoms with Crippen molar-refractivity contribution in [2.75, 3.05) is 11.9 Å². The predicted molar refractivity (Wildman–Crippen MR) is 117 cm³/mol. The van der Waals surface area contributed by atoms with Gasteiger partial charge in [-0.1, -0.05) is 32.0 Å². The second-order valence-electron chi connectivity index (χ2n) is 10.3. The number of rotatable bonds is 7. The van der Waals surface area contributed by atoms with Crippen molar-refractivity contribution in [2.45, 2.75) is 78.1 Å². The molecule has 0 aliphatic heterocycles. The zero-order valence-corrected chi connectivity index (χ0v) is 18.2. The van der Waals surface area contributed by atoms with E-state index in [1.54, 1.807) is 0 Å². The summed E-state index contributed by atoms with van der Waals surface area (Å²) in [6, 6.07) is 6.16. The molecule has 0 saturated heterocycles. The van der Waals surface area contributed by atoms with E-state index in [0.29, 0.717) is 25.3 Å². The van der Waals surface area contributed by atoms with Gasteiger partial charge in [-0.05, 0) is 86.7 Å². The number of para-hydroxylation sites is 1. The predicted octanol–water partition coefficient (Wildman–Crippen LogP) is 5.17. The fraction of sp³-hybridized carbons (Fsp3) is 0.680. The number of nitrogens with one attached hydrogen (secondary N) is 2. The van der Waals surface area contributed by atoms with Gasteiger partial charge in [-0.2, -0.15) is 0 Å². The molecule has 29 heavy (non-hydrogen) atoms. The first kappa shape index (κ1) is 20.4. The minimum atomic E-state index is -0.0929. The highest BCUT2D eigenvalue weighted by atomic mass is 16.2. The van der Waals surface area contributed by atoms with Crippen LogP contribution in [0.1, 0.15) is 82.3 Å². The average Bonchev–Trinajstić information content (AvgIpc) is 2.65. The van der Waals surface area contributed by atoms with E-state index >= 15 is 0 Å². The Kier molecular flexibility index (Phi) is 5.72. The lowest BCUT2D eigenvalue weighted by atomic mass is 9.49. The van der Waals surface area contributed by atoms with Gasteiger partial charge in [0.15, 0.2) is 0 Å². The summed E-state index contributed by atoms with van der Waals surface area (Å²) < 4.78 is 0. The van der Waals surface area contributed by atoms with Crippen LogP contribution in [0.2, 0.25) is 0 Å². The van der Waals surface area contributed by atoms with Gasteiger partial charge in [0.1, 0.15) is 0 Å². The first-order chi connectivity index (χ1) is 13.9. The lowest BCUT2D eigenvalue weighted by Gasteiger charge is -2.55. The van der Waals surface area contributed by atoms with E-state index in [0.717, 1.165) is 48.3 Å². The van der Waals surface area contributed by atoms with E-state index in [1.165, 1.54) is 24.8 Å². The summed E-state index contributed by atoms with van der Waals surface area (Å²) in [5, 5.41) is 6.29. The summed E-state index contributed by atoms with van der Waals surface area (Å²) in [6.45, 7) is 6.92. The summed E-state index contributed by atoms with van der Waals surface area (Å²) in [7, 11) is 0. The SMILES string of the molecule is Cc1cccc(C(C)C)c1NC(=O)CCCNC(=O)C12CC3CC(CC(C3)C1)C2. The second kappa shape index (κ2) is 8.12. The molecule has 4 nitrogen and oxygen atoms in total. The monoisotopic (exact) mass is 396 g/mol. The molecule has 2 amide bonds. The van der Waals surface area contributed by atoms with Crippen LogP contribution < -0.4 is 10.6 Å². The van der Waals surface area contributed by atoms with Crippen molar-refractivity contribution in [1.82, 2.24) is 5.32 Å². The summed E-state index contributed by atoms with van der Waals surface area (Å²) >= 11 is 0. The van der Waals surface area contributed by atoms with E-state index in [2.05, 4.69) is 30.5 Å². The van der Waals surface area contributed by atoms with Gasteiger partial charge in [0.25, 0.3) is 0 Å². The number of hydrogen-bond donors (Lipinski definition) is 2. The van der Waals surface area contributed by atoms with Gasteiger partial charge in [-0.25, -0.2) is 0 Å². The van der Waals surface area contributed by atoms with E-state index < -0.39 is 0 Å². The molecule has 4 saturated carbocycles. The average molecular weight is 397 g/mol. The maximum absolute atomic E-state index is 13.0. The zero-order valence-electron chi connectivity index (χ0n) is 18.2. The maximum Gasteiger partial charge on any atom is 0.226 e. The smallest absolute Gasteiger partial charge is 0.226 e. The molecule has 2 N–H and O–H groups in total. The van der Waals surface area contributed by atoms with Crippen molar-refractivity contribution < 1.29 is 9.59 Å². The van der Waals surface area contributed by atoms with Gasteiger partial charge in [0, 0.05) is 24.1 Å². The Morgan fingerprint density at radius 2 is 1.69 bits per heavy atom. The zero-order chi connectivity index (χ0) is 20.6. The molecule has 4 bridgehead atoms. The molecule has 1 aromatic rings. The highest BCUT2D eigenvalue weighted by Gasteiger charge is 2.54. The third-order valence-corrected chi connectivity index (χ3v) is 7.58. The van der Waals surface area contributed by atoms with Gasteiger partial charge in [0.05, 0.1) is 0 Å². The number of hydrogen-bond acceptors (Lipinski definition) is 2. The standard InChI is InChI=1S/C25H36N2O2/c1-16(2)21-7-4-6-17(3)23(21)27-22(28)8-5-9-26-24(29)25-13-18-10-19(14-25)12-20(11-18)15-25/h4,6-7,16,18-20H,5,8-15H2,1-3H3,(H,26,29)(H,27,28). The van der Waals surface area contributed by atoms with Crippen LogP contribution in [0.3, 0.4) is 0 Å². The first-order valence-electron chi connectivity index (χ1n) is 11.5. The molecule has 0 atom stereocenters. The van der Waals surface area contributed by atoms with E-state index in [1.807, 2.05) is 19.1 Å². The Labute approximate surface area is 175 Å². The van der Waals surface area contributed by atoms with Gasteiger partial charge in [-0.15, -0.1) is 0 Å². The normalized spacial score (nSPS) is 29.9. The van der Waals surface area contributed by atoms with E-state index in [4.69, 9.17) is 0 Å². The molecule has 0 unspecified atom stereocenters. The summed E-state index contributed by atoms with van der Waals surface area (Å²) in [5.41, 5.74) is 3.13. The quantitative estimate of drug-likeness (QED) is 0.625. The van der Waals surface area contributed by atoms with Crippen LogP contribution in [0, 0.1) is 30.1 Å². The largest absolute Gasteiger partial charge is 0.356 e. The number of carbonyl (C=O) groups excluding carboxylic acids is 2. The van der Waals surface area contributed by atoms with Crippen molar-refractivity contribution in [2.24, 2.45) is 23.2 Å². The van der Waals surface area contributed by atoms with Crippen LogP contribution in [0.5, 0.6) is 0 Å². The van der Waals surface area contributed by atoms with Crippen LogP contribution in [0.25, 0.3) is 0 Å². The molecule has 5 rings (SSSR count). The minimum Gasteiger partial charge on any atom is -0.356 e. The highest BCUT2D eigenvalue weighted by Crippen LogP contribution is 2.60.